The summed E-state index contributed by atoms with van der Waals surface area (Å²) in [5, 5.41) is 6.53. The van der Waals surface area contributed by atoms with E-state index in [-0.39, 0.29) is 11.4 Å². The Kier molecular flexibility index (Phi) is 9.11. The molecule has 0 aliphatic carbocycles. The van der Waals surface area contributed by atoms with Crippen LogP contribution in [0.1, 0.15) is 23.6 Å². The fraction of sp³-hybridized carbons (Fsp3) is 0.381. The SMILES string of the molecule is CCNC(=NCc1ccc(S(=O)(=O)NCCOC)cc1)NCc1ccc(C)cc1. The molecular weight excluding hydrogens is 388 g/mol. The molecule has 0 atom stereocenters. The molecule has 2 rings (SSSR count). The van der Waals surface area contributed by atoms with Crippen molar-refractivity contribution in [1.29, 1.82) is 0 Å². The molecule has 3 N–H and O–H groups in total. The second-order valence-electron chi connectivity index (χ2n) is 6.57. The normalized spacial score (nSPS) is 12.0. The number of aryl methyl sites for hydroxylation is 1. The molecule has 0 bridgehead atoms. The first-order valence-corrected chi connectivity index (χ1v) is 11.1. The summed E-state index contributed by atoms with van der Waals surface area (Å²) in [7, 11) is -1.99. The zero-order chi connectivity index (χ0) is 21.1. The lowest BCUT2D eigenvalue weighted by molar-refractivity contribution is 0.204. The Hall–Kier alpha value is -2.42. The molecule has 2 aromatic carbocycles. The highest BCUT2D eigenvalue weighted by Crippen LogP contribution is 2.11. The minimum Gasteiger partial charge on any atom is -0.383 e. The van der Waals surface area contributed by atoms with Crippen LogP contribution in [0.25, 0.3) is 0 Å². The van der Waals surface area contributed by atoms with Gasteiger partial charge in [-0.3, -0.25) is 0 Å². The van der Waals surface area contributed by atoms with E-state index in [1.54, 1.807) is 24.3 Å². The number of guanidine groups is 1. The number of methoxy groups -OCH3 is 1. The second-order valence-corrected chi connectivity index (χ2v) is 8.34. The zero-order valence-electron chi connectivity index (χ0n) is 17.2. The molecule has 0 unspecified atom stereocenters. The van der Waals surface area contributed by atoms with E-state index < -0.39 is 10.0 Å². The molecule has 158 valence electrons. The van der Waals surface area contributed by atoms with Crippen LogP contribution in [0.3, 0.4) is 0 Å². The summed E-state index contributed by atoms with van der Waals surface area (Å²) in [4.78, 5) is 4.81. The van der Waals surface area contributed by atoms with E-state index in [0.29, 0.717) is 25.7 Å². The largest absolute Gasteiger partial charge is 0.383 e. The van der Waals surface area contributed by atoms with E-state index >= 15 is 0 Å². The van der Waals surface area contributed by atoms with Gasteiger partial charge in [-0.25, -0.2) is 18.1 Å². The average Bonchev–Trinajstić information content (AvgIpc) is 2.72. The van der Waals surface area contributed by atoms with Crippen LogP contribution in [-0.2, 0) is 27.8 Å². The Morgan fingerprint density at radius 1 is 1.00 bits per heavy atom. The Bertz CT molecular complexity index is 879. The predicted molar refractivity (Wildman–Crippen MR) is 116 cm³/mol. The summed E-state index contributed by atoms with van der Waals surface area (Å²) < 4.78 is 31.8. The predicted octanol–water partition coefficient (Wildman–Crippen LogP) is 2.18. The first kappa shape index (κ1) is 22.9. The van der Waals surface area contributed by atoms with Crippen molar-refractivity contribution in [3.05, 3.63) is 65.2 Å². The Labute approximate surface area is 173 Å². The van der Waals surface area contributed by atoms with Crippen molar-refractivity contribution in [2.24, 2.45) is 4.99 Å². The lowest BCUT2D eigenvalue weighted by Gasteiger charge is -2.12. The van der Waals surface area contributed by atoms with E-state index in [4.69, 9.17) is 4.74 Å². The molecule has 0 aromatic heterocycles. The molecule has 0 saturated carbocycles. The molecule has 0 aliphatic heterocycles. The Morgan fingerprint density at radius 2 is 1.66 bits per heavy atom. The number of rotatable bonds is 10. The van der Waals surface area contributed by atoms with Gasteiger partial charge in [0.25, 0.3) is 0 Å². The standard InChI is InChI=1S/C21H30N4O3S/c1-4-22-21(23-15-18-7-5-17(2)6-8-18)24-16-19-9-11-20(12-10-19)29(26,27)25-13-14-28-3/h5-12,25H,4,13-16H2,1-3H3,(H2,22,23,24). The summed E-state index contributed by atoms with van der Waals surface area (Å²) >= 11 is 0. The quantitative estimate of drug-likeness (QED) is 0.312. The van der Waals surface area contributed by atoms with Crippen molar-refractivity contribution in [2.45, 2.75) is 31.8 Å². The first-order valence-electron chi connectivity index (χ1n) is 9.60. The number of aliphatic imine (C=N–C) groups is 1. The Morgan fingerprint density at radius 3 is 2.28 bits per heavy atom. The molecule has 2 aromatic rings. The number of ether oxygens (including phenoxy) is 1. The van der Waals surface area contributed by atoms with E-state index in [0.717, 1.165) is 12.1 Å². The third-order valence-corrected chi connectivity index (χ3v) is 5.65. The van der Waals surface area contributed by atoms with Crippen LogP contribution in [-0.4, -0.2) is 41.2 Å². The maximum Gasteiger partial charge on any atom is 0.240 e. The lowest BCUT2D eigenvalue weighted by atomic mass is 10.1. The van der Waals surface area contributed by atoms with E-state index in [1.807, 2.05) is 6.92 Å². The summed E-state index contributed by atoms with van der Waals surface area (Å²) in [5.41, 5.74) is 3.33. The number of benzene rings is 2. The highest BCUT2D eigenvalue weighted by atomic mass is 32.2. The lowest BCUT2D eigenvalue weighted by Crippen LogP contribution is -2.36. The van der Waals surface area contributed by atoms with Crippen LogP contribution < -0.4 is 15.4 Å². The van der Waals surface area contributed by atoms with Crippen LogP contribution in [0.15, 0.2) is 58.4 Å². The molecule has 0 spiro atoms. The van der Waals surface area contributed by atoms with Crippen molar-refractivity contribution >= 4 is 16.0 Å². The molecule has 0 radical (unpaired) electrons. The average molecular weight is 419 g/mol. The highest BCUT2D eigenvalue weighted by molar-refractivity contribution is 7.89. The molecular formula is C21H30N4O3S. The van der Waals surface area contributed by atoms with Crippen LogP contribution in [0.5, 0.6) is 0 Å². The minimum absolute atomic E-state index is 0.228. The van der Waals surface area contributed by atoms with E-state index in [2.05, 4.69) is 51.5 Å². The van der Waals surface area contributed by atoms with Crippen LogP contribution in [0.2, 0.25) is 0 Å². The van der Waals surface area contributed by atoms with Crippen LogP contribution in [0.4, 0.5) is 0 Å². The van der Waals surface area contributed by atoms with Crippen molar-refractivity contribution < 1.29 is 13.2 Å². The van der Waals surface area contributed by atoms with Crippen LogP contribution >= 0.6 is 0 Å². The van der Waals surface area contributed by atoms with Gasteiger partial charge in [0, 0.05) is 26.7 Å². The van der Waals surface area contributed by atoms with Gasteiger partial charge >= 0.3 is 0 Å². The summed E-state index contributed by atoms with van der Waals surface area (Å²) in [6.07, 6.45) is 0. The van der Waals surface area contributed by atoms with Crippen molar-refractivity contribution in [3.8, 4) is 0 Å². The van der Waals surface area contributed by atoms with Gasteiger partial charge in [-0.05, 0) is 37.1 Å². The van der Waals surface area contributed by atoms with Crippen molar-refractivity contribution in [3.63, 3.8) is 0 Å². The molecule has 0 aliphatic rings. The second kappa shape index (κ2) is 11.5. The van der Waals surface area contributed by atoms with Gasteiger partial charge in [-0.2, -0.15) is 0 Å². The first-order chi connectivity index (χ1) is 13.9. The topological polar surface area (TPSA) is 91.8 Å². The van der Waals surface area contributed by atoms with E-state index in [1.165, 1.54) is 18.2 Å². The van der Waals surface area contributed by atoms with Gasteiger partial charge in [0.15, 0.2) is 5.96 Å². The number of sulfonamides is 1. The van der Waals surface area contributed by atoms with Gasteiger partial charge in [-0.15, -0.1) is 0 Å². The van der Waals surface area contributed by atoms with Crippen molar-refractivity contribution in [2.75, 3.05) is 26.8 Å². The monoisotopic (exact) mass is 418 g/mol. The fourth-order valence-electron chi connectivity index (χ4n) is 2.54. The number of nitrogens with one attached hydrogen (secondary N) is 3. The number of hydrogen-bond acceptors (Lipinski definition) is 4. The summed E-state index contributed by atoms with van der Waals surface area (Å²) in [6.45, 7) is 6.52. The summed E-state index contributed by atoms with van der Waals surface area (Å²) in [5.74, 6) is 0.714. The van der Waals surface area contributed by atoms with Gasteiger partial charge in [0.1, 0.15) is 0 Å². The highest BCUT2D eigenvalue weighted by Gasteiger charge is 2.12. The fourth-order valence-corrected chi connectivity index (χ4v) is 3.55. The minimum atomic E-state index is -3.52. The van der Waals surface area contributed by atoms with Gasteiger partial charge in [0.2, 0.25) is 10.0 Å². The van der Waals surface area contributed by atoms with E-state index in [9.17, 15) is 8.42 Å². The number of hydrogen-bond donors (Lipinski definition) is 3. The smallest absolute Gasteiger partial charge is 0.240 e. The molecule has 0 fully saturated rings. The summed E-state index contributed by atoms with van der Waals surface area (Å²) in [6, 6.07) is 15.1. The third-order valence-electron chi connectivity index (χ3n) is 4.18. The van der Waals surface area contributed by atoms with Crippen molar-refractivity contribution in [1.82, 2.24) is 15.4 Å². The molecule has 7 nitrogen and oxygen atoms in total. The molecule has 0 heterocycles. The van der Waals surface area contributed by atoms with Crippen LogP contribution in [0, 0.1) is 6.92 Å². The molecule has 29 heavy (non-hydrogen) atoms. The molecule has 0 saturated heterocycles. The van der Waals surface area contributed by atoms with Gasteiger partial charge < -0.3 is 15.4 Å². The van der Waals surface area contributed by atoms with Gasteiger partial charge in [-0.1, -0.05) is 42.0 Å². The third kappa shape index (κ3) is 7.84. The number of nitrogens with zero attached hydrogens (tertiary/aromatic N) is 1. The van der Waals surface area contributed by atoms with Gasteiger partial charge in [0.05, 0.1) is 18.0 Å². The molecule has 0 amide bonds. The zero-order valence-corrected chi connectivity index (χ0v) is 18.1. The maximum atomic E-state index is 12.2. The maximum absolute atomic E-state index is 12.2. The Balaban J connectivity index is 1.96. The molecule has 8 heteroatoms.